The molecule has 156 valence electrons. The van der Waals surface area contributed by atoms with Crippen LogP contribution in [0.2, 0.25) is 5.02 Å². The molecule has 0 bridgehead atoms. The first-order valence-corrected chi connectivity index (χ1v) is 10.9. The molecule has 0 aliphatic heterocycles. The Morgan fingerprint density at radius 2 is 1.68 bits per heavy atom. The molecule has 0 aliphatic rings. The number of aromatic nitrogens is 2. The number of ketones is 1. The van der Waals surface area contributed by atoms with Crippen molar-refractivity contribution in [1.29, 1.82) is 0 Å². The molecule has 0 fully saturated rings. The maximum absolute atomic E-state index is 13.1. The minimum atomic E-state index is -0.224. The summed E-state index contributed by atoms with van der Waals surface area (Å²) in [6, 6.07) is 22.1. The predicted octanol–water partition coefficient (Wildman–Crippen LogP) is 5.04. The molecule has 0 saturated heterocycles. The fraction of sp³-hybridized carbons (Fsp3) is 0.125. The van der Waals surface area contributed by atoms with Gasteiger partial charge in [-0.25, -0.2) is 4.98 Å². The molecule has 1 amide bonds. The first-order chi connectivity index (χ1) is 15.0. The van der Waals surface area contributed by atoms with E-state index < -0.39 is 0 Å². The van der Waals surface area contributed by atoms with Crippen LogP contribution in [-0.2, 0) is 17.8 Å². The molecule has 0 spiro atoms. The summed E-state index contributed by atoms with van der Waals surface area (Å²) < 4.78 is 2.56. The van der Waals surface area contributed by atoms with Gasteiger partial charge in [-0.05, 0) is 60.5 Å². The molecular formula is C24H19BrClN3O2. The van der Waals surface area contributed by atoms with E-state index >= 15 is 0 Å². The van der Waals surface area contributed by atoms with Crippen molar-refractivity contribution >= 4 is 50.3 Å². The first-order valence-electron chi connectivity index (χ1n) is 9.78. The molecule has 31 heavy (non-hydrogen) atoms. The van der Waals surface area contributed by atoms with Crippen molar-refractivity contribution in [3.8, 4) is 0 Å². The number of carbonyl (C=O) groups is 2. The highest BCUT2D eigenvalue weighted by Crippen LogP contribution is 2.20. The van der Waals surface area contributed by atoms with Crippen LogP contribution < -0.4 is 5.32 Å². The van der Waals surface area contributed by atoms with Crippen LogP contribution in [0.5, 0.6) is 0 Å². The van der Waals surface area contributed by atoms with Crippen LogP contribution in [0.15, 0.2) is 77.3 Å². The molecule has 5 nitrogen and oxygen atoms in total. The largest absolute Gasteiger partial charge is 0.354 e. The van der Waals surface area contributed by atoms with E-state index in [0.717, 1.165) is 15.6 Å². The molecule has 3 aromatic carbocycles. The number of para-hydroxylation sites is 2. The molecule has 1 heterocycles. The van der Waals surface area contributed by atoms with Gasteiger partial charge in [0.1, 0.15) is 6.54 Å². The van der Waals surface area contributed by atoms with Crippen LogP contribution in [0.4, 0.5) is 0 Å². The summed E-state index contributed by atoms with van der Waals surface area (Å²) in [5.41, 5.74) is 3.03. The second-order valence-electron chi connectivity index (χ2n) is 7.07. The van der Waals surface area contributed by atoms with Gasteiger partial charge in [0, 0.05) is 21.6 Å². The van der Waals surface area contributed by atoms with Crippen LogP contribution in [-0.4, -0.2) is 27.8 Å². The molecule has 4 aromatic rings. The van der Waals surface area contributed by atoms with Crippen LogP contribution in [0.3, 0.4) is 0 Å². The van der Waals surface area contributed by atoms with Crippen molar-refractivity contribution in [1.82, 2.24) is 14.9 Å². The van der Waals surface area contributed by atoms with Gasteiger partial charge in [-0.3, -0.25) is 9.59 Å². The standard InChI is InChI=1S/C24H19BrClN3O2/c25-18-9-7-17(8-10-18)23(31)24-28-20-3-1-2-4-21(20)29(24)15-22(30)27-14-13-16-5-11-19(26)12-6-16/h1-12H,13-15H2,(H,27,30). The van der Waals surface area contributed by atoms with E-state index in [2.05, 4.69) is 26.2 Å². The van der Waals surface area contributed by atoms with Crippen molar-refractivity contribution in [3.05, 3.63) is 99.2 Å². The summed E-state index contributed by atoms with van der Waals surface area (Å²) in [6.45, 7) is 0.502. The number of nitrogens with zero attached hydrogens (tertiary/aromatic N) is 2. The molecule has 7 heteroatoms. The number of amides is 1. The van der Waals surface area contributed by atoms with Crippen LogP contribution in [0, 0.1) is 0 Å². The number of hydrogen-bond donors (Lipinski definition) is 1. The van der Waals surface area contributed by atoms with Crippen LogP contribution >= 0.6 is 27.5 Å². The number of fused-ring (bicyclic) bond motifs is 1. The number of imidazole rings is 1. The fourth-order valence-electron chi connectivity index (χ4n) is 3.34. The Kier molecular flexibility index (Phi) is 6.49. The van der Waals surface area contributed by atoms with Crippen molar-refractivity contribution in [2.24, 2.45) is 0 Å². The van der Waals surface area contributed by atoms with E-state index in [9.17, 15) is 9.59 Å². The van der Waals surface area contributed by atoms with E-state index in [1.807, 2.05) is 60.7 Å². The van der Waals surface area contributed by atoms with Crippen molar-refractivity contribution in [3.63, 3.8) is 0 Å². The lowest BCUT2D eigenvalue weighted by Crippen LogP contribution is -2.30. The Labute approximate surface area is 193 Å². The zero-order valence-electron chi connectivity index (χ0n) is 16.5. The minimum absolute atomic E-state index is 0.0126. The highest BCUT2D eigenvalue weighted by molar-refractivity contribution is 9.10. The normalized spacial score (nSPS) is 10.9. The highest BCUT2D eigenvalue weighted by Gasteiger charge is 2.20. The van der Waals surface area contributed by atoms with Gasteiger partial charge in [0.25, 0.3) is 0 Å². The van der Waals surface area contributed by atoms with Gasteiger partial charge in [0.15, 0.2) is 5.82 Å². The maximum atomic E-state index is 13.1. The van der Waals surface area contributed by atoms with Crippen molar-refractivity contribution in [2.75, 3.05) is 6.54 Å². The Morgan fingerprint density at radius 3 is 2.42 bits per heavy atom. The van der Waals surface area contributed by atoms with Crippen molar-refractivity contribution < 1.29 is 9.59 Å². The van der Waals surface area contributed by atoms with Crippen LogP contribution in [0.25, 0.3) is 11.0 Å². The Morgan fingerprint density at radius 1 is 0.968 bits per heavy atom. The lowest BCUT2D eigenvalue weighted by Gasteiger charge is -2.10. The second kappa shape index (κ2) is 9.45. The maximum Gasteiger partial charge on any atom is 0.240 e. The molecule has 0 saturated carbocycles. The summed E-state index contributed by atoms with van der Waals surface area (Å²) >= 11 is 9.29. The number of rotatable bonds is 7. The zero-order chi connectivity index (χ0) is 21.8. The van der Waals surface area contributed by atoms with E-state index in [-0.39, 0.29) is 24.1 Å². The molecular weight excluding hydrogens is 478 g/mol. The van der Waals surface area contributed by atoms with E-state index in [1.54, 1.807) is 16.7 Å². The molecule has 1 aromatic heterocycles. The van der Waals surface area contributed by atoms with Gasteiger partial charge in [-0.1, -0.05) is 51.8 Å². The monoisotopic (exact) mass is 495 g/mol. The highest BCUT2D eigenvalue weighted by atomic mass is 79.9. The van der Waals surface area contributed by atoms with Crippen molar-refractivity contribution in [2.45, 2.75) is 13.0 Å². The summed E-state index contributed by atoms with van der Waals surface area (Å²) in [5, 5.41) is 3.61. The van der Waals surface area contributed by atoms with Gasteiger partial charge in [0.2, 0.25) is 11.7 Å². The lowest BCUT2D eigenvalue weighted by atomic mass is 10.1. The average Bonchev–Trinajstić information content (AvgIpc) is 3.13. The molecule has 0 radical (unpaired) electrons. The third-order valence-corrected chi connectivity index (χ3v) is 5.70. The summed E-state index contributed by atoms with van der Waals surface area (Å²) in [5.74, 6) is -0.156. The SMILES string of the molecule is O=C(Cn1c(C(=O)c2ccc(Br)cc2)nc2ccccc21)NCCc1ccc(Cl)cc1. The van der Waals surface area contributed by atoms with Gasteiger partial charge in [-0.2, -0.15) is 0 Å². The second-order valence-corrected chi connectivity index (χ2v) is 8.42. The molecule has 1 N–H and O–H groups in total. The van der Waals surface area contributed by atoms with Gasteiger partial charge < -0.3 is 9.88 Å². The molecule has 4 rings (SSSR count). The predicted molar refractivity (Wildman–Crippen MR) is 125 cm³/mol. The Bertz CT molecular complexity index is 1230. The summed E-state index contributed by atoms with van der Waals surface area (Å²) in [7, 11) is 0. The Balaban J connectivity index is 1.52. The topological polar surface area (TPSA) is 64.0 Å². The molecule has 0 atom stereocenters. The third kappa shape index (κ3) is 5.03. The Hall–Kier alpha value is -2.96. The quantitative estimate of drug-likeness (QED) is 0.365. The number of hydrogen-bond acceptors (Lipinski definition) is 3. The molecule has 0 unspecified atom stereocenters. The van der Waals surface area contributed by atoms with Gasteiger partial charge in [-0.15, -0.1) is 0 Å². The lowest BCUT2D eigenvalue weighted by molar-refractivity contribution is -0.121. The van der Waals surface area contributed by atoms with Gasteiger partial charge >= 0.3 is 0 Å². The molecule has 0 aliphatic carbocycles. The number of carbonyl (C=O) groups excluding carboxylic acids is 2. The third-order valence-electron chi connectivity index (χ3n) is 4.91. The van der Waals surface area contributed by atoms with Crippen LogP contribution in [0.1, 0.15) is 21.7 Å². The first kappa shape index (κ1) is 21.3. The van der Waals surface area contributed by atoms with E-state index in [0.29, 0.717) is 29.1 Å². The average molecular weight is 497 g/mol. The number of halogens is 2. The van der Waals surface area contributed by atoms with E-state index in [1.165, 1.54) is 0 Å². The number of benzene rings is 3. The zero-order valence-corrected chi connectivity index (χ0v) is 18.9. The number of nitrogens with one attached hydrogen (secondary N) is 1. The summed E-state index contributed by atoms with van der Waals surface area (Å²) in [6.07, 6.45) is 0.693. The van der Waals surface area contributed by atoms with Gasteiger partial charge in [0.05, 0.1) is 11.0 Å². The summed E-state index contributed by atoms with van der Waals surface area (Å²) in [4.78, 5) is 30.3. The smallest absolute Gasteiger partial charge is 0.240 e. The fourth-order valence-corrected chi connectivity index (χ4v) is 3.73. The minimum Gasteiger partial charge on any atom is -0.354 e. The van der Waals surface area contributed by atoms with E-state index in [4.69, 9.17) is 11.6 Å².